The maximum atomic E-state index is 11.6. The van der Waals surface area contributed by atoms with Gasteiger partial charge in [0, 0.05) is 5.75 Å². The quantitative estimate of drug-likeness (QED) is 0.365. The molecule has 0 aliphatic rings. The van der Waals surface area contributed by atoms with Crippen LogP contribution in [0, 0.1) is 0 Å². The largest absolute Gasteiger partial charge is 0.303 e. The van der Waals surface area contributed by atoms with Gasteiger partial charge in [0.1, 0.15) is 0 Å². The van der Waals surface area contributed by atoms with Gasteiger partial charge in [-0.3, -0.25) is 4.79 Å². The number of allylic oxidation sites excluding steroid dienone is 1. The molecule has 0 aromatic carbocycles. The normalized spacial score (nSPS) is 9.73. The summed E-state index contributed by atoms with van der Waals surface area (Å²) in [6, 6.07) is 0. The third-order valence-electron chi connectivity index (χ3n) is 1.23. The highest BCUT2D eigenvalue weighted by molar-refractivity contribution is 8.01. The number of hydrogen-bond acceptors (Lipinski definition) is 5. The minimum Gasteiger partial charge on any atom is -0.303 e. The average Bonchev–Trinajstić information content (AvgIpc) is 2.61. The van der Waals surface area contributed by atoms with Crippen LogP contribution in [0.5, 0.6) is 0 Å². The molecule has 1 rings (SSSR count). The van der Waals surface area contributed by atoms with Crippen molar-refractivity contribution >= 4 is 34.6 Å². The number of nitrogens with zero attached hydrogens (tertiary/aromatic N) is 2. The number of nitrogens with one attached hydrogen (secondary N) is 1. The van der Waals surface area contributed by atoms with Crippen molar-refractivity contribution in [2.75, 3.05) is 11.1 Å². The van der Waals surface area contributed by atoms with Crippen molar-refractivity contribution in [3.05, 3.63) is 12.2 Å². The van der Waals surface area contributed by atoms with E-state index >= 15 is 0 Å². The third kappa shape index (κ3) is 4.84. The second kappa shape index (κ2) is 6.46. The zero-order chi connectivity index (χ0) is 11.1. The van der Waals surface area contributed by atoms with Gasteiger partial charge in [-0.2, -0.15) is 8.78 Å². The van der Waals surface area contributed by atoms with Crippen molar-refractivity contribution in [3.63, 3.8) is 0 Å². The van der Waals surface area contributed by atoms with E-state index in [9.17, 15) is 13.6 Å². The topological polar surface area (TPSA) is 54.9 Å². The Morgan fingerprint density at radius 3 is 3.00 bits per heavy atom. The number of amides is 1. The van der Waals surface area contributed by atoms with E-state index < -0.39 is 6.08 Å². The Morgan fingerprint density at radius 1 is 1.53 bits per heavy atom. The molecule has 1 aromatic heterocycles. The van der Waals surface area contributed by atoms with Crippen molar-refractivity contribution in [2.24, 2.45) is 0 Å². The predicted octanol–water partition coefficient (Wildman–Crippen LogP) is 2.37. The minimum atomic E-state index is -1.67. The number of halogens is 2. The molecule has 0 aliphatic heterocycles. The Morgan fingerprint density at radius 2 is 2.33 bits per heavy atom. The zero-order valence-electron chi connectivity index (χ0n) is 7.44. The molecule has 15 heavy (non-hydrogen) atoms. The van der Waals surface area contributed by atoms with Crippen LogP contribution in [-0.4, -0.2) is 22.4 Å². The fourth-order valence-corrected chi connectivity index (χ4v) is 2.36. The summed E-state index contributed by atoms with van der Waals surface area (Å²) >= 11 is 2.53. The lowest BCUT2D eigenvalue weighted by molar-refractivity contribution is -0.105. The van der Waals surface area contributed by atoms with E-state index in [2.05, 4.69) is 15.5 Å². The maximum absolute atomic E-state index is 11.6. The van der Waals surface area contributed by atoms with E-state index in [-0.39, 0.29) is 6.42 Å². The van der Waals surface area contributed by atoms with E-state index in [1.165, 1.54) is 23.1 Å². The van der Waals surface area contributed by atoms with Crippen molar-refractivity contribution in [1.29, 1.82) is 0 Å². The Balaban J connectivity index is 2.31. The van der Waals surface area contributed by atoms with Crippen molar-refractivity contribution in [1.82, 2.24) is 10.2 Å². The van der Waals surface area contributed by atoms with Gasteiger partial charge in [-0.05, 0) is 12.5 Å². The molecule has 0 fully saturated rings. The highest BCUT2D eigenvalue weighted by atomic mass is 32.2. The molecule has 0 spiro atoms. The molecule has 0 unspecified atom stereocenters. The SMILES string of the molecule is O=CNc1nnc(SCCC=C(F)F)s1. The lowest BCUT2D eigenvalue weighted by Gasteiger charge is -1.90. The van der Waals surface area contributed by atoms with E-state index in [1.807, 2.05) is 0 Å². The van der Waals surface area contributed by atoms with Gasteiger partial charge >= 0.3 is 0 Å². The molecule has 1 heterocycles. The monoisotopic (exact) mass is 251 g/mol. The Labute approximate surface area is 92.8 Å². The van der Waals surface area contributed by atoms with Crippen molar-refractivity contribution in [2.45, 2.75) is 10.8 Å². The number of thioether (sulfide) groups is 1. The number of rotatable bonds is 6. The standard InChI is InChI=1S/C7H7F2N3OS2/c8-5(9)2-1-3-14-7-12-11-6(15-7)10-4-13/h2,4H,1,3H2,(H,10,11,13). The summed E-state index contributed by atoms with van der Waals surface area (Å²) in [5.41, 5.74) is 0. The molecule has 0 saturated carbocycles. The van der Waals surface area contributed by atoms with Gasteiger partial charge in [0.05, 0.1) is 0 Å². The number of anilines is 1. The molecule has 0 saturated heterocycles. The smallest absolute Gasteiger partial charge is 0.266 e. The van der Waals surface area contributed by atoms with Gasteiger partial charge in [0.25, 0.3) is 6.08 Å². The highest BCUT2D eigenvalue weighted by Gasteiger charge is 2.02. The molecule has 8 heteroatoms. The summed E-state index contributed by atoms with van der Waals surface area (Å²) in [6.07, 6.45) is -0.0196. The van der Waals surface area contributed by atoms with Gasteiger partial charge in [0.15, 0.2) is 4.34 Å². The van der Waals surface area contributed by atoms with Crippen molar-refractivity contribution < 1.29 is 13.6 Å². The van der Waals surface area contributed by atoms with Crippen LogP contribution in [-0.2, 0) is 4.79 Å². The molecular weight excluding hydrogens is 244 g/mol. The summed E-state index contributed by atoms with van der Waals surface area (Å²) in [6.45, 7) is 0. The van der Waals surface area contributed by atoms with Gasteiger partial charge in [-0.15, -0.1) is 10.2 Å². The van der Waals surface area contributed by atoms with Gasteiger partial charge < -0.3 is 5.32 Å². The van der Waals surface area contributed by atoms with E-state index in [0.717, 1.165) is 6.08 Å². The molecule has 1 N–H and O–H groups in total. The first-order chi connectivity index (χ1) is 7.22. The summed E-state index contributed by atoms with van der Waals surface area (Å²) in [5, 5.41) is 10.2. The average molecular weight is 251 g/mol. The van der Waals surface area contributed by atoms with E-state index in [0.29, 0.717) is 21.6 Å². The lowest BCUT2D eigenvalue weighted by atomic mass is 10.5. The Hall–Kier alpha value is -1.02. The van der Waals surface area contributed by atoms with E-state index in [1.54, 1.807) is 0 Å². The molecule has 4 nitrogen and oxygen atoms in total. The first-order valence-electron chi connectivity index (χ1n) is 3.90. The third-order valence-corrected chi connectivity index (χ3v) is 3.25. The Kier molecular flexibility index (Phi) is 5.19. The molecule has 1 aromatic rings. The summed E-state index contributed by atoms with van der Waals surface area (Å²) in [7, 11) is 0. The van der Waals surface area contributed by atoms with Gasteiger partial charge in [-0.25, -0.2) is 0 Å². The first kappa shape index (κ1) is 12.1. The number of hydrogen-bond donors (Lipinski definition) is 1. The van der Waals surface area contributed by atoms with Crippen LogP contribution in [0.1, 0.15) is 6.42 Å². The Bertz CT molecular complexity index is 352. The van der Waals surface area contributed by atoms with E-state index in [4.69, 9.17) is 0 Å². The second-order valence-electron chi connectivity index (χ2n) is 2.27. The molecule has 0 atom stereocenters. The molecule has 0 aliphatic carbocycles. The highest BCUT2D eigenvalue weighted by Crippen LogP contribution is 2.25. The number of carbonyl (C=O) groups excluding carboxylic acids is 1. The molecule has 0 radical (unpaired) electrons. The molecule has 82 valence electrons. The predicted molar refractivity (Wildman–Crippen MR) is 55.2 cm³/mol. The van der Waals surface area contributed by atoms with Gasteiger partial charge in [0.2, 0.25) is 11.5 Å². The number of aromatic nitrogens is 2. The molecular formula is C7H7F2N3OS2. The maximum Gasteiger partial charge on any atom is 0.266 e. The fraction of sp³-hybridized carbons (Fsp3) is 0.286. The van der Waals surface area contributed by atoms with Crippen molar-refractivity contribution in [3.8, 4) is 0 Å². The van der Waals surface area contributed by atoms with Crippen LogP contribution in [0.3, 0.4) is 0 Å². The number of carbonyl (C=O) groups is 1. The fourth-order valence-electron chi connectivity index (χ4n) is 0.691. The summed E-state index contributed by atoms with van der Waals surface area (Å²) in [5.74, 6) is 0.507. The van der Waals surface area contributed by atoms with Crippen LogP contribution in [0.2, 0.25) is 0 Å². The zero-order valence-corrected chi connectivity index (χ0v) is 9.08. The second-order valence-corrected chi connectivity index (χ2v) is 4.59. The van der Waals surface area contributed by atoms with Crippen LogP contribution >= 0.6 is 23.1 Å². The van der Waals surface area contributed by atoms with Crippen LogP contribution in [0.25, 0.3) is 0 Å². The van der Waals surface area contributed by atoms with Crippen LogP contribution in [0.15, 0.2) is 16.5 Å². The van der Waals surface area contributed by atoms with Gasteiger partial charge in [-0.1, -0.05) is 23.1 Å². The summed E-state index contributed by atoms with van der Waals surface area (Å²) in [4.78, 5) is 10.0. The lowest BCUT2D eigenvalue weighted by Crippen LogP contribution is -1.91. The molecule has 0 bridgehead atoms. The van der Waals surface area contributed by atoms with Crippen LogP contribution < -0.4 is 5.32 Å². The van der Waals surface area contributed by atoms with Crippen LogP contribution in [0.4, 0.5) is 13.9 Å². The molecule has 1 amide bonds. The first-order valence-corrected chi connectivity index (χ1v) is 5.70. The summed E-state index contributed by atoms with van der Waals surface area (Å²) < 4.78 is 23.9. The minimum absolute atomic E-state index is 0.281.